The number of aromatic nitrogens is 5. The molecule has 2 aromatic heterocycles. The van der Waals surface area contributed by atoms with E-state index in [0.717, 1.165) is 10.6 Å². The fourth-order valence-electron chi connectivity index (χ4n) is 2.15. The summed E-state index contributed by atoms with van der Waals surface area (Å²) in [6.45, 7) is 1.97. The minimum Gasteiger partial charge on any atom is -0.333 e. The minimum absolute atomic E-state index is 0.0497. The third kappa shape index (κ3) is 3.11. The first-order valence-electron chi connectivity index (χ1n) is 7.07. The second-order valence-electron chi connectivity index (χ2n) is 5.14. The molecule has 0 radical (unpaired) electrons. The highest BCUT2D eigenvalue weighted by Crippen LogP contribution is 2.23. The average molecular weight is 328 g/mol. The van der Waals surface area contributed by atoms with Crippen LogP contribution in [0.25, 0.3) is 11.4 Å². The van der Waals surface area contributed by atoms with Crippen molar-refractivity contribution in [3.05, 3.63) is 46.4 Å². The van der Waals surface area contributed by atoms with Gasteiger partial charge < -0.3 is 4.90 Å². The van der Waals surface area contributed by atoms with E-state index in [-0.39, 0.29) is 11.9 Å². The number of amides is 1. The molecule has 0 saturated carbocycles. The van der Waals surface area contributed by atoms with Crippen LogP contribution in [0.3, 0.4) is 0 Å². The lowest BCUT2D eigenvalue weighted by molar-refractivity contribution is 0.0742. The molecular weight excluding hydrogens is 312 g/mol. The summed E-state index contributed by atoms with van der Waals surface area (Å²) in [7, 11) is 3.50. The van der Waals surface area contributed by atoms with Crippen LogP contribution < -0.4 is 0 Å². The topological polar surface area (TPSA) is 76.8 Å². The van der Waals surface area contributed by atoms with Crippen LogP contribution in [-0.4, -0.2) is 43.0 Å². The molecule has 3 rings (SSSR count). The summed E-state index contributed by atoms with van der Waals surface area (Å²) >= 11 is 1.54. The molecule has 2 heterocycles. The maximum absolute atomic E-state index is 12.6. The second kappa shape index (κ2) is 6.25. The predicted octanol–water partition coefficient (Wildman–Crippen LogP) is 2.17. The second-order valence-corrected chi connectivity index (χ2v) is 6.07. The zero-order chi connectivity index (χ0) is 16.4. The van der Waals surface area contributed by atoms with Crippen molar-refractivity contribution in [2.75, 3.05) is 7.05 Å². The van der Waals surface area contributed by atoms with Gasteiger partial charge >= 0.3 is 0 Å². The summed E-state index contributed by atoms with van der Waals surface area (Å²) in [5.74, 6) is 0.488. The molecule has 1 aromatic carbocycles. The van der Waals surface area contributed by atoms with Gasteiger partial charge in [0.1, 0.15) is 5.01 Å². The average Bonchev–Trinajstić information content (AvgIpc) is 3.24. The smallest absolute Gasteiger partial charge is 0.254 e. The number of rotatable bonds is 4. The molecular formula is C15H16N6OS. The van der Waals surface area contributed by atoms with Gasteiger partial charge in [-0.05, 0) is 24.3 Å². The minimum atomic E-state index is -0.0659. The van der Waals surface area contributed by atoms with E-state index in [4.69, 9.17) is 0 Å². The molecule has 1 unspecified atom stereocenters. The molecule has 8 heteroatoms. The number of carbonyl (C=O) groups excluding carboxylic acids is 1. The highest BCUT2D eigenvalue weighted by atomic mass is 32.1. The van der Waals surface area contributed by atoms with Gasteiger partial charge in [-0.25, -0.2) is 4.98 Å². The van der Waals surface area contributed by atoms with Crippen LogP contribution in [-0.2, 0) is 7.05 Å². The molecule has 3 aromatic rings. The molecule has 1 atom stereocenters. The van der Waals surface area contributed by atoms with Gasteiger partial charge in [0.15, 0.2) is 0 Å². The van der Waals surface area contributed by atoms with Crippen LogP contribution in [0.1, 0.15) is 28.3 Å². The number of hydrogen-bond acceptors (Lipinski definition) is 6. The number of thiazole rings is 1. The van der Waals surface area contributed by atoms with Crippen molar-refractivity contribution in [1.82, 2.24) is 30.1 Å². The lowest BCUT2D eigenvalue weighted by atomic mass is 10.1. The van der Waals surface area contributed by atoms with Crippen LogP contribution in [0.15, 0.2) is 35.8 Å². The van der Waals surface area contributed by atoms with Crippen molar-refractivity contribution < 1.29 is 4.79 Å². The molecule has 118 valence electrons. The number of nitrogens with zero attached hydrogens (tertiary/aromatic N) is 6. The van der Waals surface area contributed by atoms with E-state index >= 15 is 0 Å². The molecule has 7 nitrogen and oxygen atoms in total. The molecule has 0 aliphatic carbocycles. The highest BCUT2D eigenvalue weighted by molar-refractivity contribution is 7.09. The molecule has 0 bridgehead atoms. The number of tetrazole rings is 1. The van der Waals surface area contributed by atoms with Gasteiger partial charge in [0.25, 0.3) is 5.91 Å². The Morgan fingerprint density at radius 3 is 2.61 bits per heavy atom. The zero-order valence-corrected chi connectivity index (χ0v) is 13.9. The Balaban J connectivity index is 1.77. The van der Waals surface area contributed by atoms with Crippen molar-refractivity contribution in [1.29, 1.82) is 0 Å². The number of hydrogen-bond donors (Lipinski definition) is 0. The van der Waals surface area contributed by atoms with Crippen molar-refractivity contribution >= 4 is 17.2 Å². The summed E-state index contributed by atoms with van der Waals surface area (Å²) in [5, 5.41) is 14.7. The highest BCUT2D eigenvalue weighted by Gasteiger charge is 2.20. The van der Waals surface area contributed by atoms with Gasteiger partial charge in [0.2, 0.25) is 5.82 Å². The monoisotopic (exact) mass is 328 g/mol. The molecule has 0 aliphatic heterocycles. The van der Waals surface area contributed by atoms with E-state index < -0.39 is 0 Å². The Bertz CT molecular complexity index is 796. The van der Waals surface area contributed by atoms with Crippen LogP contribution in [0.5, 0.6) is 0 Å². The Kier molecular flexibility index (Phi) is 4.16. The quantitative estimate of drug-likeness (QED) is 0.733. The van der Waals surface area contributed by atoms with E-state index in [1.54, 1.807) is 48.7 Å². The summed E-state index contributed by atoms with van der Waals surface area (Å²) < 4.78 is 0. The van der Waals surface area contributed by atoms with Crippen LogP contribution in [0.2, 0.25) is 0 Å². The van der Waals surface area contributed by atoms with Gasteiger partial charge in [0, 0.05) is 29.8 Å². The van der Waals surface area contributed by atoms with Crippen molar-refractivity contribution in [3.8, 4) is 11.4 Å². The van der Waals surface area contributed by atoms with Crippen molar-refractivity contribution in [2.45, 2.75) is 13.0 Å². The molecule has 0 N–H and O–H groups in total. The first-order chi connectivity index (χ1) is 11.1. The summed E-state index contributed by atoms with van der Waals surface area (Å²) in [4.78, 5) is 19.9. The number of benzene rings is 1. The SMILES string of the molecule is CC(c1nccs1)N(C)C(=O)c1ccc(-c2nnn(C)n2)cc1. The summed E-state index contributed by atoms with van der Waals surface area (Å²) in [5.41, 5.74) is 1.44. The zero-order valence-electron chi connectivity index (χ0n) is 13.0. The van der Waals surface area contributed by atoms with E-state index in [9.17, 15) is 4.79 Å². The van der Waals surface area contributed by atoms with Crippen molar-refractivity contribution in [2.24, 2.45) is 7.05 Å². The van der Waals surface area contributed by atoms with Gasteiger partial charge in [-0.2, -0.15) is 4.80 Å². The first-order valence-corrected chi connectivity index (χ1v) is 7.95. The maximum atomic E-state index is 12.6. The largest absolute Gasteiger partial charge is 0.333 e. The van der Waals surface area contributed by atoms with Crippen LogP contribution >= 0.6 is 11.3 Å². The van der Waals surface area contributed by atoms with E-state index in [1.165, 1.54) is 4.80 Å². The maximum Gasteiger partial charge on any atom is 0.254 e. The molecule has 1 amide bonds. The Morgan fingerprint density at radius 2 is 2.04 bits per heavy atom. The van der Waals surface area contributed by atoms with Crippen LogP contribution in [0, 0.1) is 0 Å². The predicted molar refractivity (Wildman–Crippen MR) is 86.9 cm³/mol. The van der Waals surface area contributed by atoms with E-state index in [1.807, 2.05) is 24.4 Å². The molecule has 0 fully saturated rings. The fraction of sp³-hybridized carbons (Fsp3) is 0.267. The van der Waals surface area contributed by atoms with Crippen LogP contribution in [0.4, 0.5) is 0 Å². The summed E-state index contributed by atoms with van der Waals surface area (Å²) in [6, 6.07) is 7.14. The Morgan fingerprint density at radius 1 is 1.30 bits per heavy atom. The number of aryl methyl sites for hydroxylation is 1. The van der Waals surface area contributed by atoms with Gasteiger partial charge in [0.05, 0.1) is 13.1 Å². The third-order valence-corrected chi connectivity index (χ3v) is 4.55. The van der Waals surface area contributed by atoms with Crippen molar-refractivity contribution in [3.63, 3.8) is 0 Å². The normalized spacial score (nSPS) is 12.1. The fourth-order valence-corrected chi connectivity index (χ4v) is 2.89. The lowest BCUT2D eigenvalue weighted by Crippen LogP contribution is -2.29. The lowest BCUT2D eigenvalue weighted by Gasteiger charge is -2.23. The molecule has 0 spiro atoms. The summed E-state index contributed by atoms with van der Waals surface area (Å²) in [6.07, 6.45) is 1.75. The van der Waals surface area contributed by atoms with E-state index in [0.29, 0.717) is 11.4 Å². The number of carbonyl (C=O) groups is 1. The van der Waals surface area contributed by atoms with Gasteiger partial charge in [-0.1, -0.05) is 12.1 Å². The third-order valence-electron chi connectivity index (χ3n) is 3.61. The first kappa shape index (κ1) is 15.3. The molecule has 0 saturated heterocycles. The molecule has 23 heavy (non-hydrogen) atoms. The standard InChI is InChI=1S/C15H16N6OS/c1-10(14-16-8-9-23-14)20(2)15(22)12-6-4-11(5-7-12)13-17-19-21(3)18-13/h4-10H,1-3H3. The van der Waals surface area contributed by atoms with Gasteiger partial charge in [-0.15, -0.1) is 21.5 Å². The molecule has 0 aliphatic rings. The van der Waals surface area contributed by atoms with E-state index in [2.05, 4.69) is 20.4 Å². The van der Waals surface area contributed by atoms with Gasteiger partial charge in [-0.3, -0.25) is 4.79 Å². The Labute approximate surface area is 137 Å². The Hall–Kier alpha value is -2.61.